The topological polar surface area (TPSA) is 99.8 Å². The number of nitrogens with zero attached hydrogens (tertiary/aromatic N) is 1. The van der Waals surface area contributed by atoms with E-state index in [0.717, 1.165) is 11.1 Å². The van der Waals surface area contributed by atoms with E-state index in [1.165, 1.54) is 0 Å². The van der Waals surface area contributed by atoms with Crippen LogP contribution >= 0.6 is 0 Å². The van der Waals surface area contributed by atoms with Crippen molar-refractivity contribution in [2.75, 3.05) is 14.1 Å². The highest BCUT2D eigenvalue weighted by Crippen LogP contribution is 2.21. The summed E-state index contributed by atoms with van der Waals surface area (Å²) in [5.74, 6) is -0.734. The lowest BCUT2D eigenvalue weighted by atomic mass is 9.94. The fraction of sp³-hybridized carbons (Fsp3) is 0.452. The number of ether oxygens (including phenoxy) is 1. The van der Waals surface area contributed by atoms with Crippen LogP contribution in [0.1, 0.15) is 45.2 Å². The Morgan fingerprint density at radius 1 is 1.00 bits per heavy atom. The van der Waals surface area contributed by atoms with Crippen LogP contribution in [0.25, 0.3) is 6.08 Å². The lowest BCUT2D eigenvalue weighted by Crippen LogP contribution is -2.62. The van der Waals surface area contributed by atoms with Crippen LogP contribution in [0.4, 0.5) is 0 Å². The van der Waals surface area contributed by atoms with Crippen molar-refractivity contribution in [2.24, 2.45) is 11.8 Å². The molecule has 2 aliphatic rings. The molecule has 2 aliphatic heterocycles. The van der Waals surface area contributed by atoms with Gasteiger partial charge in [0.05, 0.1) is 6.04 Å². The highest BCUT2D eigenvalue weighted by atomic mass is 16.5. The lowest BCUT2D eigenvalue weighted by molar-refractivity contribution is -0.136. The summed E-state index contributed by atoms with van der Waals surface area (Å²) in [5.41, 5.74) is 1.91. The second-order valence-corrected chi connectivity index (χ2v) is 10.8. The van der Waals surface area contributed by atoms with E-state index in [-0.39, 0.29) is 23.7 Å². The van der Waals surface area contributed by atoms with E-state index >= 15 is 0 Å². The van der Waals surface area contributed by atoms with Gasteiger partial charge < -0.3 is 20.7 Å². The Hall–Kier alpha value is -3.65. The molecule has 0 fully saturated rings. The van der Waals surface area contributed by atoms with Gasteiger partial charge in [0.25, 0.3) is 0 Å². The van der Waals surface area contributed by atoms with Crippen LogP contribution in [0, 0.1) is 11.8 Å². The van der Waals surface area contributed by atoms with E-state index in [0.29, 0.717) is 18.6 Å². The minimum atomic E-state index is -1.03. The molecule has 0 aliphatic carbocycles. The first-order valence-electron chi connectivity index (χ1n) is 13.7. The third-order valence-electron chi connectivity index (χ3n) is 7.21. The largest absolute Gasteiger partial charge is 0.487 e. The molecule has 8 nitrogen and oxygen atoms in total. The molecule has 0 spiro atoms. The quantitative estimate of drug-likeness (QED) is 0.482. The van der Waals surface area contributed by atoms with Crippen LogP contribution < -0.4 is 20.7 Å². The van der Waals surface area contributed by atoms with Gasteiger partial charge in [-0.3, -0.25) is 19.3 Å². The SMILES string of the molecule is CC[C@H](C)[C@H]1NC(=O)[C@H](NC(=O)[C@H](Cc2ccccc2)N(C)C)[C@@H](C(C)C)Oc2ccc(cc2)C=CNC1=O. The Morgan fingerprint density at radius 3 is 2.26 bits per heavy atom. The third kappa shape index (κ3) is 8.17. The molecular weight excluding hydrogens is 492 g/mol. The van der Waals surface area contributed by atoms with Gasteiger partial charge in [-0.2, -0.15) is 0 Å². The highest BCUT2D eigenvalue weighted by molar-refractivity contribution is 5.94. The first kappa shape index (κ1) is 29.9. The van der Waals surface area contributed by atoms with Crippen molar-refractivity contribution in [1.82, 2.24) is 20.9 Å². The van der Waals surface area contributed by atoms with Crippen LogP contribution in [-0.4, -0.2) is 60.9 Å². The molecule has 5 atom stereocenters. The lowest BCUT2D eigenvalue weighted by Gasteiger charge is -2.34. The maximum atomic E-state index is 13.9. The van der Waals surface area contributed by atoms with E-state index < -0.39 is 30.1 Å². The van der Waals surface area contributed by atoms with E-state index in [9.17, 15) is 14.4 Å². The Balaban J connectivity index is 1.99. The average molecular weight is 535 g/mol. The summed E-state index contributed by atoms with van der Waals surface area (Å²) >= 11 is 0. The van der Waals surface area contributed by atoms with E-state index in [4.69, 9.17) is 4.74 Å². The Bertz CT molecular complexity index is 1130. The zero-order valence-electron chi connectivity index (χ0n) is 23.8. The van der Waals surface area contributed by atoms with Gasteiger partial charge in [0, 0.05) is 6.20 Å². The number of carbonyl (C=O) groups is 3. The summed E-state index contributed by atoms with van der Waals surface area (Å²) in [6.45, 7) is 7.78. The number of likely N-dealkylation sites (N-methyl/N-ethyl adjacent to an activating group) is 1. The van der Waals surface area contributed by atoms with E-state index in [1.807, 2.05) is 101 Å². The first-order chi connectivity index (χ1) is 18.6. The number of hydrogen-bond donors (Lipinski definition) is 3. The minimum absolute atomic E-state index is 0.128. The molecular formula is C31H42N4O4. The van der Waals surface area contributed by atoms with Crippen molar-refractivity contribution < 1.29 is 19.1 Å². The van der Waals surface area contributed by atoms with Crippen LogP contribution in [0.3, 0.4) is 0 Å². The summed E-state index contributed by atoms with van der Waals surface area (Å²) < 4.78 is 6.35. The Kier molecular flexibility index (Phi) is 10.7. The van der Waals surface area contributed by atoms with Crippen molar-refractivity contribution in [3.63, 3.8) is 0 Å². The van der Waals surface area contributed by atoms with Crippen LogP contribution in [0.2, 0.25) is 0 Å². The van der Waals surface area contributed by atoms with Gasteiger partial charge in [-0.05, 0) is 61.7 Å². The second kappa shape index (κ2) is 13.9. The third-order valence-corrected chi connectivity index (χ3v) is 7.21. The summed E-state index contributed by atoms with van der Waals surface area (Å²) in [6.07, 6.45) is 3.85. The van der Waals surface area contributed by atoms with Gasteiger partial charge >= 0.3 is 0 Å². The Labute approximate surface area is 232 Å². The fourth-order valence-corrected chi connectivity index (χ4v) is 4.55. The van der Waals surface area contributed by atoms with Gasteiger partial charge in [0.1, 0.15) is 23.9 Å². The molecule has 0 saturated carbocycles. The summed E-state index contributed by atoms with van der Waals surface area (Å²) in [5, 5.41) is 8.73. The van der Waals surface area contributed by atoms with Crippen LogP contribution in [0.5, 0.6) is 5.75 Å². The smallest absolute Gasteiger partial charge is 0.247 e. The van der Waals surface area contributed by atoms with Gasteiger partial charge in [-0.25, -0.2) is 0 Å². The maximum absolute atomic E-state index is 13.9. The molecule has 2 heterocycles. The molecule has 0 radical (unpaired) electrons. The average Bonchev–Trinajstić information content (AvgIpc) is 2.92. The number of amides is 3. The monoisotopic (exact) mass is 534 g/mol. The number of fused-ring (bicyclic) bond motifs is 10. The van der Waals surface area contributed by atoms with Crippen molar-refractivity contribution in [1.29, 1.82) is 0 Å². The normalized spacial score (nSPS) is 21.5. The van der Waals surface area contributed by atoms with Gasteiger partial charge in [-0.1, -0.05) is 76.6 Å². The van der Waals surface area contributed by atoms with Crippen molar-refractivity contribution in [3.05, 3.63) is 71.9 Å². The number of carbonyl (C=O) groups excluding carboxylic acids is 3. The molecule has 2 bridgehead atoms. The standard InChI is InChI=1S/C31H42N4O4/c1-7-21(4)26-30(37)32-18-17-22-13-15-24(16-14-22)39-28(20(2)3)27(31(38)33-26)34-29(36)25(35(5)6)19-23-11-9-8-10-12-23/h8-18,20-21,25-28H,7,19H2,1-6H3,(H,32,37)(H,33,38)(H,34,36)/t21-,25-,26+,27+,28+/m0/s1. The second-order valence-electron chi connectivity index (χ2n) is 10.8. The number of hydrogen-bond acceptors (Lipinski definition) is 5. The predicted octanol–water partition coefficient (Wildman–Crippen LogP) is 3.38. The predicted molar refractivity (Wildman–Crippen MR) is 154 cm³/mol. The zero-order chi connectivity index (χ0) is 28.5. The molecule has 8 heteroatoms. The Morgan fingerprint density at radius 2 is 1.67 bits per heavy atom. The van der Waals surface area contributed by atoms with Crippen molar-refractivity contribution >= 4 is 23.8 Å². The molecule has 0 aromatic heterocycles. The van der Waals surface area contributed by atoms with Crippen molar-refractivity contribution in [2.45, 2.75) is 64.8 Å². The minimum Gasteiger partial charge on any atom is -0.487 e. The first-order valence-corrected chi connectivity index (χ1v) is 13.7. The van der Waals surface area contributed by atoms with Crippen LogP contribution in [0.15, 0.2) is 60.8 Å². The molecule has 210 valence electrons. The summed E-state index contributed by atoms with van der Waals surface area (Å²) in [6, 6.07) is 14.8. The number of rotatable bonds is 8. The number of benzene rings is 2. The zero-order valence-corrected chi connectivity index (χ0v) is 23.8. The summed E-state index contributed by atoms with van der Waals surface area (Å²) in [7, 11) is 3.69. The molecule has 3 N–H and O–H groups in total. The summed E-state index contributed by atoms with van der Waals surface area (Å²) in [4.78, 5) is 42.6. The molecule has 2 aromatic rings. The van der Waals surface area contributed by atoms with E-state index in [1.54, 1.807) is 12.3 Å². The van der Waals surface area contributed by atoms with E-state index in [2.05, 4.69) is 16.0 Å². The van der Waals surface area contributed by atoms with Crippen LogP contribution in [-0.2, 0) is 20.8 Å². The van der Waals surface area contributed by atoms with Gasteiger partial charge in [0.2, 0.25) is 17.7 Å². The fourth-order valence-electron chi connectivity index (χ4n) is 4.55. The molecule has 3 amide bonds. The molecule has 2 aromatic carbocycles. The van der Waals surface area contributed by atoms with Gasteiger partial charge in [-0.15, -0.1) is 0 Å². The molecule has 4 rings (SSSR count). The maximum Gasteiger partial charge on any atom is 0.247 e. The van der Waals surface area contributed by atoms with Gasteiger partial charge in [0.15, 0.2) is 0 Å². The molecule has 0 saturated heterocycles. The highest BCUT2D eigenvalue weighted by Gasteiger charge is 2.38. The molecule has 39 heavy (non-hydrogen) atoms. The van der Waals surface area contributed by atoms with Crippen molar-refractivity contribution in [3.8, 4) is 5.75 Å². The molecule has 0 unspecified atom stereocenters. The number of nitrogens with one attached hydrogen (secondary N) is 3.